The first-order chi connectivity index (χ1) is 8.48. The molecule has 2 rings (SSSR count). The Hall–Kier alpha value is -2.31. The van der Waals surface area contributed by atoms with Crippen LogP contribution < -0.4 is 10.1 Å². The quantitative estimate of drug-likeness (QED) is 0.610. The number of nitrogens with zero attached hydrogens (tertiary/aromatic N) is 1. The average Bonchev–Trinajstić information content (AvgIpc) is 3.10. The van der Waals surface area contributed by atoms with Crippen molar-refractivity contribution in [3.63, 3.8) is 0 Å². The summed E-state index contributed by atoms with van der Waals surface area (Å²) in [4.78, 5) is 21.4. The van der Waals surface area contributed by atoms with E-state index in [4.69, 9.17) is 9.84 Å². The summed E-state index contributed by atoms with van der Waals surface area (Å²) in [5.41, 5.74) is -1.05. The van der Waals surface area contributed by atoms with Gasteiger partial charge in [-0.2, -0.15) is 0 Å². The number of nitro groups is 1. The molecule has 0 atom stereocenters. The standard InChI is InChI=1S/C11H12N2O5/c1-18-7-2-3-8(9(6-7)13(16)17)12-11(4-5-11)10(14)15/h2-3,6,12H,4-5H2,1H3,(H,14,15). The largest absolute Gasteiger partial charge is 0.496 e. The van der Waals surface area contributed by atoms with Crippen LogP contribution in [0.5, 0.6) is 5.75 Å². The van der Waals surface area contributed by atoms with Crippen molar-refractivity contribution in [2.75, 3.05) is 12.4 Å². The predicted octanol–water partition coefficient (Wildman–Crippen LogP) is 1.63. The third-order valence-electron chi connectivity index (χ3n) is 2.93. The van der Waals surface area contributed by atoms with E-state index in [0.29, 0.717) is 18.6 Å². The van der Waals surface area contributed by atoms with Crippen molar-refractivity contribution in [2.24, 2.45) is 0 Å². The number of ether oxygens (including phenoxy) is 1. The van der Waals surface area contributed by atoms with Gasteiger partial charge in [-0.1, -0.05) is 0 Å². The molecule has 0 aromatic heterocycles. The molecule has 1 aromatic carbocycles. The SMILES string of the molecule is COc1ccc(NC2(C(=O)O)CC2)c([N+](=O)[O-])c1. The van der Waals surface area contributed by atoms with Gasteiger partial charge >= 0.3 is 5.97 Å². The molecule has 1 aliphatic carbocycles. The fraction of sp³-hybridized carbons (Fsp3) is 0.364. The molecule has 1 fully saturated rings. The van der Waals surface area contributed by atoms with E-state index in [1.807, 2.05) is 0 Å². The molecule has 1 aromatic rings. The molecular formula is C11H12N2O5. The van der Waals surface area contributed by atoms with Crippen molar-refractivity contribution in [1.82, 2.24) is 0 Å². The summed E-state index contributed by atoms with van der Waals surface area (Å²) < 4.78 is 4.90. The van der Waals surface area contributed by atoms with E-state index < -0.39 is 16.4 Å². The van der Waals surface area contributed by atoms with Crippen LogP contribution in [0.25, 0.3) is 0 Å². The molecule has 0 saturated heterocycles. The minimum atomic E-state index is -1.06. The Bertz CT molecular complexity index is 510. The number of carbonyl (C=O) groups is 1. The van der Waals surface area contributed by atoms with E-state index in [0.717, 1.165) is 0 Å². The predicted molar refractivity (Wildman–Crippen MR) is 62.9 cm³/mol. The van der Waals surface area contributed by atoms with E-state index in [-0.39, 0.29) is 11.4 Å². The van der Waals surface area contributed by atoms with Gasteiger partial charge in [0.15, 0.2) is 0 Å². The van der Waals surface area contributed by atoms with Crippen LogP contribution >= 0.6 is 0 Å². The Kier molecular flexibility index (Phi) is 2.82. The smallest absolute Gasteiger partial charge is 0.329 e. The van der Waals surface area contributed by atoms with Gasteiger partial charge in [-0.15, -0.1) is 0 Å². The number of carboxylic acids is 1. The Labute approximate surface area is 103 Å². The van der Waals surface area contributed by atoms with Crippen LogP contribution in [0, 0.1) is 10.1 Å². The first kappa shape index (κ1) is 12.2. The summed E-state index contributed by atoms with van der Waals surface area (Å²) in [6.07, 6.45) is 0.928. The Morgan fingerprint density at radius 1 is 1.56 bits per heavy atom. The lowest BCUT2D eigenvalue weighted by Gasteiger charge is -2.14. The van der Waals surface area contributed by atoms with Gasteiger partial charge in [-0.3, -0.25) is 10.1 Å². The summed E-state index contributed by atoms with van der Waals surface area (Å²) in [5.74, 6) is -0.639. The second-order valence-corrected chi connectivity index (χ2v) is 4.15. The van der Waals surface area contributed by atoms with Crippen molar-refractivity contribution < 1.29 is 19.6 Å². The summed E-state index contributed by atoms with van der Waals surface area (Å²) in [6.45, 7) is 0. The monoisotopic (exact) mass is 252 g/mol. The number of methoxy groups -OCH3 is 1. The second-order valence-electron chi connectivity index (χ2n) is 4.15. The Morgan fingerprint density at radius 2 is 2.22 bits per heavy atom. The van der Waals surface area contributed by atoms with Gasteiger partial charge in [0.25, 0.3) is 5.69 Å². The minimum absolute atomic E-state index is 0.193. The van der Waals surface area contributed by atoms with E-state index in [1.165, 1.54) is 19.2 Å². The molecule has 1 aliphatic rings. The van der Waals surface area contributed by atoms with E-state index in [2.05, 4.69) is 5.32 Å². The van der Waals surface area contributed by atoms with Crippen molar-refractivity contribution in [1.29, 1.82) is 0 Å². The number of nitro benzene ring substituents is 1. The van der Waals surface area contributed by atoms with Crippen LogP contribution in [-0.4, -0.2) is 28.6 Å². The summed E-state index contributed by atoms with van der Waals surface area (Å²) in [7, 11) is 1.41. The number of carboxylic acid groups (broad SMARTS) is 1. The maximum atomic E-state index is 11.0. The van der Waals surface area contributed by atoms with Crippen LogP contribution in [0.4, 0.5) is 11.4 Å². The molecule has 0 spiro atoms. The molecule has 7 heteroatoms. The van der Waals surface area contributed by atoms with Crippen LogP contribution in [0.15, 0.2) is 18.2 Å². The summed E-state index contributed by atoms with van der Waals surface area (Å²) in [5, 5.41) is 22.7. The third-order valence-corrected chi connectivity index (χ3v) is 2.93. The zero-order valence-corrected chi connectivity index (χ0v) is 9.67. The molecule has 0 heterocycles. The number of anilines is 1. The third kappa shape index (κ3) is 2.06. The van der Waals surface area contributed by atoms with Crippen molar-refractivity contribution in [2.45, 2.75) is 18.4 Å². The highest BCUT2D eigenvalue weighted by Crippen LogP contribution is 2.41. The summed E-state index contributed by atoms with van der Waals surface area (Å²) >= 11 is 0. The zero-order chi connectivity index (χ0) is 13.3. The fourth-order valence-electron chi connectivity index (χ4n) is 1.67. The molecule has 18 heavy (non-hydrogen) atoms. The molecule has 0 radical (unpaired) electrons. The number of aliphatic carboxylic acids is 1. The number of rotatable bonds is 5. The van der Waals surface area contributed by atoms with Crippen molar-refractivity contribution in [3.8, 4) is 5.75 Å². The van der Waals surface area contributed by atoms with Gasteiger partial charge in [0.05, 0.1) is 18.1 Å². The minimum Gasteiger partial charge on any atom is -0.496 e. The highest BCUT2D eigenvalue weighted by Gasteiger charge is 2.51. The molecule has 0 amide bonds. The van der Waals surface area contributed by atoms with Crippen molar-refractivity contribution in [3.05, 3.63) is 28.3 Å². The van der Waals surface area contributed by atoms with E-state index >= 15 is 0 Å². The van der Waals surface area contributed by atoms with Crippen LogP contribution in [0.3, 0.4) is 0 Å². The molecule has 0 unspecified atom stereocenters. The first-order valence-corrected chi connectivity index (χ1v) is 5.32. The van der Waals surface area contributed by atoms with Gasteiger partial charge in [0.2, 0.25) is 0 Å². The average molecular weight is 252 g/mol. The molecule has 96 valence electrons. The second kappa shape index (κ2) is 4.17. The van der Waals surface area contributed by atoms with Gasteiger partial charge in [0, 0.05) is 0 Å². The highest BCUT2D eigenvalue weighted by atomic mass is 16.6. The zero-order valence-electron chi connectivity index (χ0n) is 9.67. The number of benzene rings is 1. The van der Waals surface area contributed by atoms with Crippen molar-refractivity contribution >= 4 is 17.3 Å². The fourth-order valence-corrected chi connectivity index (χ4v) is 1.67. The molecule has 1 saturated carbocycles. The number of hydrogen-bond acceptors (Lipinski definition) is 5. The van der Waals surface area contributed by atoms with Gasteiger partial charge in [-0.25, -0.2) is 4.79 Å². The topological polar surface area (TPSA) is 102 Å². The van der Waals surface area contributed by atoms with Crippen LogP contribution in [0.1, 0.15) is 12.8 Å². The number of hydrogen-bond donors (Lipinski definition) is 2. The Morgan fingerprint density at radius 3 is 2.67 bits per heavy atom. The molecule has 0 bridgehead atoms. The van der Waals surface area contributed by atoms with Crippen LogP contribution in [-0.2, 0) is 4.79 Å². The Balaban J connectivity index is 2.33. The van der Waals surface area contributed by atoms with Gasteiger partial charge in [-0.05, 0) is 25.0 Å². The maximum absolute atomic E-state index is 11.0. The summed E-state index contributed by atoms with van der Waals surface area (Å²) in [6, 6.07) is 4.27. The van der Waals surface area contributed by atoms with Gasteiger partial charge < -0.3 is 15.2 Å². The first-order valence-electron chi connectivity index (χ1n) is 5.32. The highest BCUT2D eigenvalue weighted by molar-refractivity contribution is 5.87. The molecule has 0 aliphatic heterocycles. The normalized spacial score (nSPS) is 15.8. The number of nitrogens with one attached hydrogen (secondary N) is 1. The molecular weight excluding hydrogens is 240 g/mol. The lowest BCUT2D eigenvalue weighted by atomic mass is 10.2. The lowest BCUT2D eigenvalue weighted by molar-refractivity contribution is -0.384. The molecule has 2 N–H and O–H groups in total. The lowest BCUT2D eigenvalue weighted by Crippen LogP contribution is -2.31. The van der Waals surface area contributed by atoms with E-state index in [1.54, 1.807) is 6.07 Å². The maximum Gasteiger partial charge on any atom is 0.329 e. The van der Waals surface area contributed by atoms with E-state index in [9.17, 15) is 14.9 Å². The van der Waals surface area contributed by atoms with Crippen LogP contribution in [0.2, 0.25) is 0 Å². The van der Waals surface area contributed by atoms with Gasteiger partial charge in [0.1, 0.15) is 17.0 Å². The molecule has 7 nitrogen and oxygen atoms in total.